The van der Waals surface area contributed by atoms with Crippen molar-refractivity contribution in [1.29, 1.82) is 0 Å². The van der Waals surface area contributed by atoms with Crippen LogP contribution >= 0.6 is 0 Å². The van der Waals surface area contributed by atoms with Crippen LogP contribution in [-0.4, -0.2) is 24.9 Å². The van der Waals surface area contributed by atoms with Gasteiger partial charge in [-0.15, -0.1) is 0 Å². The standard InChI is InChI=1S/C11H20N2O2/c1-3-5-6-7-11(15)13-9-8-12-10(14)4-2/h4H,2-3,5-9H2,1H3,(H,12,14)(H,13,15). The number of hydrogen-bond donors (Lipinski definition) is 2. The van der Waals surface area contributed by atoms with E-state index in [0.717, 1.165) is 19.3 Å². The van der Waals surface area contributed by atoms with Gasteiger partial charge in [0.2, 0.25) is 11.8 Å². The Morgan fingerprint density at radius 3 is 2.47 bits per heavy atom. The molecule has 0 saturated heterocycles. The molecule has 0 aromatic rings. The average Bonchev–Trinajstić information content (AvgIpc) is 2.24. The molecule has 0 aliphatic heterocycles. The van der Waals surface area contributed by atoms with Crippen LogP contribution in [0.5, 0.6) is 0 Å². The SMILES string of the molecule is C=CC(=O)NCCNC(=O)CCCCC. The van der Waals surface area contributed by atoms with E-state index in [1.807, 2.05) is 0 Å². The molecule has 0 radical (unpaired) electrons. The van der Waals surface area contributed by atoms with Crippen molar-refractivity contribution < 1.29 is 9.59 Å². The van der Waals surface area contributed by atoms with Crippen LogP contribution in [0.2, 0.25) is 0 Å². The highest BCUT2D eigenvalue weighted by Gasteiger charge is 1.99. The summed E-state index contributed by atoms with van der Waals surface area (Å²) < 4.78 is 0. The van der Waals surface area contributed by atoms with Gasteiger partial charge in [0.05, 0.1) is 0 Å². The van der Waals surface area contributed by atoms with Crippen molar-refractivity contribution in [2.75, 3.05) is 13.1 Å². The van der Waals surface area contributed by atoms with Crippen molar-refractivity contribution in [2.45, 2.75) is 32.6 Å². The number of unbranched alkanes of at least 4 members (excludes halogenated alkanes) is 2. The van der Waals surface area contributed by atoms with Crippen molar-refractivity contribution >= 4 is 11.8 Å². The van der Waals surface area contributed by atoms with Crippen LogP contribution in [0.3, 0.4) is 0 Å². The topological polar surface area (TPSA) is 58.2 Å². The van der Waals surface area contributed by atoms with Crippen molar-refractivity contribution in [3.05, 3.63) is 12.7 Å². The Morgan fingerprint density at radius 2 is 1.87 bits per heavy atom. The first-order valence-corrected chi connectivity index (χ1v) is 5.37. The first kappa shape index (κ1) is 13.7. The molecule has 0 unspecified atom stereocenters. The molecule has 0 rings (SSSR count). The fourth-order valence-corrected chi connectivity index (χ4v) is 1.08. The third-order valence-corrected chi connectivity index (χ3v) is 1.94. The highest BCUT2D eigenvalue weighted by molar-refractivity contribution is 5.86. The van der Waals surface area contributed by atoms with Gasteiger partial charge in [0, 0.05) is 19.5 Å². The van der Waals surface area contributed by atoms with Gasteiger partial charge in [-0.05, 0) is 12.5 Å². The Labute approximate surface area is 91.1 Å². The van der Waals surface area contributed by atoms with Crippen molar-refractivity contribution in [3.63, 3.8) is 0 Å². The van der Waals surface area contributed by atoms with Crippen molar-refractivity contribution in [3.8, 4) is 0 Å². The quantitative estimate of drug-likeness (QED) is 0.465. The van der Waals surface area contributed by atoms with Gasteiger partial charge in [-0.1, -0.05) is 26.3 Å². The maximum absolute atomic E-state index is 11.2. The zero-order chi connectivity index (χ0) is 11.5. The third-order valence-electron chi connectivity index (χ3n) is 1.94. The number of amides is 2. The molecule has 0 saturated carbocycles. The van der Waals surface area contributed by atoms with Gasteiger partial charge in [0.15, 0.2) is 0 Å². The molecule has 0 spiro atoms. The first-order chi connectivity index (χ1) is 7.20. The van der Waals surface area contributed by atoms with E-state index in [1.165, 1.54) is 6.08 Å². The number of rotatable bonds is 8. The summed E-state index contributed by atoms with van der Waals surface area (Å²) in [4.78, 5) is 21.9. The molecule has 0 heterocycles. The van der Waals surface area contributed by atoms with Crippen LogP contribution < -0.4 is 10.6 Å². The van der Waals surface area contributed by atoms with Crippen molar-refractivity contribution in [2.24, 2.45) is 0 Å². The Hall–Kier alpha value is -1.32. The average molecular weight is 212 g/mol. The Morgan fingerprint density at radius 1 is 1.20 bits per heavy atom. The molecule has 4 heteroatoms. The summed E-state index contributed by atoms with van der Waals surface area (Å²) in [5.74, 6) is -0.161. The Kier molecular flexibility index (Phi) is 8.43. The second-order valence-corrected chi connectivity index (χ2v) is 3.30. The lowest BCUT2D eigenvalue weighted by molar-refractivity contribution is -0.121. The summed E-state index contributed by atoms with van der Waals surface area (Å²) >= 11 is 0. The largest absolute Gasteiger partial charge is 0.354 e. The predicted molar refractivity (Wildman–Crippen MR) is 60.4 cm³/mol. The minimum absolute atomic E-state index is 0.0521. The summed E-state index contributed by atoms with van der Waals surface area (Å²) in [6.45, 7) is 6.35. The van der Waals surface area contributed by atoms with E-state index in [9.17, 15) is 9.59 Å². The van der Waals surface area contributed by atoms with E-state index >= 15 is 0 Å². The smallest absolute Gasteiger partial charge is 0.243 e. The Balaban J connectivity index is 3.31. The van der Waals surface area contributed by atoms with E-state index in [-0.39, 0.29) is 11.8 Å². The number of hydrogen-bond acceptors (Lipinski definition) is 2. The lowest BCUT2D eigenvalue weighted by Gasteiger charge is -2.05. The lowest BCUT2D eigenvalue weighted by Crippen LogP contribution is -2.33. The van der Waals surface area contributed by atoms with Crippen LogP contribution in [0.15, 0.2) is 12.7 Å². The van der Waals surface area contributed by atoms with Gasteiger partial charge in [-0.25, -0.2) is 0 Å². The van der Waals surface area contributed by atoms with E-state index in [1.54, 1.807) is 0 Å². The van der Waals surface area contributed by atoms with E-state index in [4.69, 9.17) is 0 Å². The van der Waals surface area contributed by atoms with Crippen LogP contribution in [-0.2, 0) is 9.59 Å². The summed E-state index contributed by atoms with van der Waals surface area (Å²) in [6, 6.07) is 0. The van der Waals surface area contributed by atoms with Crippen molar-refractivity contribution in [1.82, 2.24) is 10.6 Å². The van der Waals surface area contributed by atoms with Gasteiger partial charge >= 0.3 is 0 Å². The highest BCUT2D eigenvalue weighted by Crippen LogP contribution is 1.97. The lowest BCUT2D eigenvalue weighted by atomic mass is 10.2. The maximum Gasteiger partial charge on any atom is 0.243 e. The fourth-order valence-electron chi connectivity index (χ4n) is 1.08. The van der Waals surface area contributed by atoms with E-state index in [2.05, 4.69) is 24.1 Å². The second kappa shape index (κ2) is 9.24. The molecule has 0 atom stereocenters. The zero-order valence-corrected chi connectivity index (χ0v) is 9.34. The minimum atomic E-state index is -0.213. The Bertz CT molecular complexity index is 215. The molecule has 0 aromatic carbocycles. The molecule has 0 aliphatic carbocycles. The molecule has 2 amide bonds. The van der Waals surface area contributed by atoms with E-state index < -0.39 is 0 Å². The summed E-state index contributed by atoms with van der Waals surface area (Å²) in [7, 11) is 0. The second-order valence-electron chi connectivity index (χ2n) is 3.30. The number of carbonyl (C=O) groups excluding carboxylic acids is 2. The zero-order valence-electron chi connectivity index (χ0n) is 9.34. The summed E-state index contributed by atoms with van der Waals surface area (Å²) in [6.07, 6.45) is 4.91. The normalized spacial score (nSPS) is 9.40. The molecule has 0 fully saturated rings. The van der Waals surface area contributed by atoms with Gasteiger partial charge in [-0.3, -0.25) is 9.59 Å². The molecule has 86 valence electrons. The molecule has 2 N–H and O–H groups in total. The molecule has 0 bridgehead atoms. The maximum atomic E-state index is 11.2. The monoisotopic (exact) mass is 212 g/mol. The van der Waals surface area contributed by atoms with Crippen LogP contribution in [0, 0.1) is 0 Å². The van der Waals surface area contributed by atoms with Gasteiger partial charge < -0.3 is 10.6 Å². The van der Waals surface area contributed by atoms with Gasteiger partial charge in [0.1, 0.15) is 0 Å². The molecular weight excluding hydrogens is 192 g/mol. The number of nitrogens with one attached hydrogen (secondary N) is 2. The van der Waals surface area contributed by atoms with Crippen LogP contribution in [0.4, 0.5) is 0 Å². The number of carbonyl (C=O) groups is 2. The summed E-state index contributed by atoms with van der Waals surface area (Å²) in [5.41, 5.74) is 0. The van der Waals surface area contributed by atoms with Gasteiger partial charge in [0.25, 0.3) is 0 Å². The molecule has 0 aliphatic rings. The minimum Gasteiger partial charge on any atom is -0.354 e. The van der Waals surface area contributed by atoms with E-state index in [0.29, 0.717) is 19.5 Å². The third kappa shape index (κ3) is 9.00. The first-order valence-electron chi connectivity index (χ1n) is 5.37. The van der Waals surface area contributed by atoms with Crippen LogP contribution in [0.1, 0.15) is 32.6 Å². The molecular formula is C11H20N2O2. The molecule has 4 nitrogen and oxygen atoms in total. The highest BCUT2D eigenvalue weighted by atomic mass is 16.2. The molecule has 15 heavy (non-hydrogen) atoms. The summed E-state index contributed by atoms with van der Waals surface area (Å²) in [5, 5.41) is 5.32. The van der Waals surface area contributed by atoms with Gasteiger partial charge in [-0.2, -0.15) is 0 Å². The fraction of sp³-hybridized carbons (Fsp3) is 0.636. The predicted octanol–water partition coefficient (Wildman–Crippen LogP) is 0.985. The van der Waals surface area contributed by atoms with Crippen LogP contribution in [0.25, 0.3) is 0 Å². The molecule has 0 aromatic heterocycles.